The SMILES string of the molecule is COc1cc(-c2cc3nccc(-c4ccc5[nH]ncc5c4)c3o2)cc(OC)c1OC. The van der Waals surface area contributed by atoms with E-state index in [0.29, 0.717) is 28.6 Å². The number of hydrogen-bond donors (Lipinski definition) is 1. The fraction of sp³-hybridized carbons (Fsp3) is 0.130. The van der Waals surface area contributed by atoms with Crippen LogP contribution in [0.3, 0.4) is 0 Å². The number of H-pyrrole nitrogens is 1. The van der Waals surface area contributed by atoms with Gasteiger partial charge in [-0.3, -0.25) is 10.1 Å². The van der Waals surface area contributed by atoms with Gasteiger partial charge >= 0.3 is 0 Å². The first kappa shape index (κ1) is 18.1. The van der Waals surface area contributed by atoms with Crippen molar-refractivity contribution in [3.8, 4) is 39.7 Å². The van der Waals surface area contributed by atoms with Crippen LogP contribution in [0.2, 0.25) is 0 Å². The molecule has 0 bridgehead atoms. The summed E-state index contributed by atoms with van der Waals surface area (Å²) in [5, 5.41) is 8.10. The topological polar surface area (TPSA) is 82.4 Å². The molecule has 0 saturated heterocycles. The molecule has 7 nitrogen and oxygen atoms in total. The second kappa shape index (κ2) is 7.11. The van der Waals surface area contributed by atoms with E-state index in [0.717, 1.165) is 33.1 Å². The fourth-order valence-electron chi connectivity index (χ4n) is 3.64. The molecule has 5 aromatic rings. The molecule has 0 unspecified atom stereocenters. The summed E-state index contributed by atoms with van der Waals surface area (Å²) in [5.41, 5.74) is 5.26. The third-order valence-electron chi connectivity index (χ3n) is 5.11. The van der Waals surface area contributed by atoms with Crippen LogP contribution in [0.1, 0.15) is 0 Å². The minimum atomic E-state index is 0.534. The molecule has 0 aliphatic rings. The number of rotatable bonds is 5. The zero-order valence-electron chi connectivity index (χ0n) is 16.7. The summed E-state index contributed by atoms with van der Waals surface area (Å²) in [4.78, 5) is 4.49. The second-order valence-electron chi connectivity index (χ2n) is 6.77. The van der Waals surface area contributed by atoms with Crippen LogP contribution >= 0.6 is 0 Å². The highest BCUT2D eigenvalue weighted by molar-refractivity contribution is 5.95. The van der Waals surface area contributed by atoms with Gasteiger partial charge in [0.2, 0.25) is 5.75 Å². The van der Waals surface area contributed by atoms with Crippen molar-refractivity contribution >= 4 is 22.0 Å². The molecule has 5 rings (SSSR count). The van der Waals surface area contributed by atoms with Crippen molar-refractivity contribution in [3.63, 3.8) is 0 Å². The minimum absolute atomic E-state index is 0.534. The van der Waals surface area contributed by atoms with Gasteiger partial charge in [-0.25, -0.2) is 0 Å². The van der Waals surface area contributed by atoms with E-state index in [4.69, 9.17) is 18.6 Å². The van der Waals surface area contributed by atoms with Crippen LogP contribution in [-0.2, 0) is 0 Å². The van der Waals surface area contributed by atoms with Crippen molar-refractivity contribution in [3.05, 3.63) is 54.9 Å². The zero-order valence-corrected chi connectivity index (χ0v) is 16.7. The maximum absolute atomic E-state index is 6.27. The molecule has 2 aromatic carbocycles. The Kier molecular flexibility index (Phi) is 4.28. The van der Waals surface area contributed by atoms with Gasteiger partial charge in [0.05, 0.1) is 33.0 Å². The standard InChI is InChI=1S/C23H19N3O4/c1-27-20-9-14(10-21(28-2)23(20)29-3)19-11-18-22(30-19)16(6-7-24-18)13-4-5-17-15(8-13)12-25-26-17/h4-12H,1-3H3,(H,25,26). The molecule has 1 N–H and O–H groups in total. The van der Waals surface area contributed by atoms with Crippen LogP contribution in [-0.4, -0.2) is 36.5 Å². The predicted molar refractivity (Wildman–Crippen MR) is 114 cm³/mol. The summed E-state index contributed by atoms with van der Waals surface area (Å²) >= 11 is 0. The molecule has 150 valence electrons. The number of methoxy groups -OCH3 is 3. The van der Waals surface area contributed by atoms with Gasteiger partial charge in [-0.15, -0.1) is 0 Å². The average molecular weight is 401 g/mol. The largest absolute Gasteiger partial charge is 0.493 e. The number of aromatic amines is 1. The van der Waals surface area contributed by atoms with E-state index in [-0.39, 0.29) is 0 Å². The van der Waals surface area contributed by atoms with E-state index in [9.17, 15) is 0 Å². The molecule has 3 aromatic heterocycles. The number of pyridine rings is 1. The summed E-state index contributed by atoms with van der Waals surface area (Å²) in [6.45, 7) is 0. The fourth-order valence-corrected chi connectivity index (χ4v) is 3.64. The number of aromatic nitrogens is 3. The van der Waals surface area contributed by atoms with Crippen molar-refractivity contribution in [2.45, 2.75) is 0 Å². The smallest absolute Gasteiger partial charge is 0.203 e. The maximum Gasteiger partial charge on any atom is 0.203 e. The number of furan rings is 1. The highest BCUT2D eigenvalue weighted by atomic mass is 16.5. The van der Waals surface area contributed by atoms with Crippen molar-refractivity contribution in [2.75, 3.05) is 21.3 Å². The quantitative estimate of drug-likeness (QED) is 0.443. The highest BCUT2D eigenvalue weighted by Crippen LogP contribution is 2.42. The maximum atomic E-state index is 6.27. The van der Waals surface area contributed by atoms with Gasteiger partial charge in [-0.05, 0) is 35.9 Å². The zero-order chi connectivity index (χ0) is 20.7. The highest BCUT2D eigenvalue weighted by Gasteiger charge is 2.18. The van der Waals surface area contributed by atoms with Gasteiger partial charge in [-0.1, -0.05) is 6.07 Å². The molecule has 0 fully saturated rings. The molecule has 30 heavy (non-hydrogen) atoms. The van der Waals surface area contributed by atoms with Crippen LogP contribution in [0.4, 0.5) is 0 Å². The lowest BCUT2D eigenvalue weighted by Gasteiger charge is -2.13. The Balaban J connectivity index is 1.67. The summed E-state index contributed by atoms with van der Waals surface area (Å²) in [6.07, 6.45) is 3.59. The van der Waals surface area contributed by atoms with Gasteiger partial charge in [0, 0.05) is 28.8 Å². The number of benzene rings is 2. The number of hydrogen-bond acceptors (Lipinski definition) is 6. The molecular weight excluding hydrogens is 382 g/mol. The Labute approximate surface area is 172 Å². The lowest BCUT2D eigenvalue weighted by Crippen LogP contribution is -1.95. The molecular formula is C23H19N3O4. The molecule has 7 heteroatoms. The summed E-state index contributed by atoms with van der Waals surface area (Å²) in [5.74, 6) is 2.32. The van der Waals surface area contributed by atoms with Gasteiger partial charge in [0.1, 0.15) is 11.3 Å². The van der Waals surface area contributed by atoms with E-state index >= 15 is 0 Å². The van der Waals surface area contributed by atoms with Crippen molar-refractivity contribution in [2.24, 2.45) is 0 Å². The Bertz CT molecular complexity index is 1340. The number of fused-ring (bicyclic) bond motifs is 2. The van der Waals surface area contributed by atoms with Gasteiger partial charge in [0.15, 0.2) is 17.1 Å². The van der Waals surface area contributed by atoms with Crippen LogP contribution in [0.15, 0.2) is 59.3 Å². The van der Waals surface area contributed by atoms with E-state index < -0.39 is 0 Å². The van der Waals surface area contributed by atoms with Crippen molar-refractivity contribution in [1.29, 1.82) is 0 Å². The lowest BCUT2D eigenvalue weighted by molar-refractivity contribution is 0.324. The van der Waals surface area contributed by atoms with Gasteiger partial charge in [-0.2, -0.15) is 5.10 Å². The number of nitrogens with zero attached hydrogens (tertiary/aromatic N) is 2. The number of ether oxygens (including phenoxy) is 3. The minimum Gasteiger partial charge on any atom is -0.493 e. The van der Waals surface area contributed by atoms with E-state index in [1.165, 1.54) is 0 Å². The van der Waals surface area contributed by atoms with Crippen LogP contribution < -0.4 is 14.2 Å². The third-order valence-corrected chi connectivity index (χ3v) is 5.11. The average Bonchev–Trinajstić information content (AvgIpc) is 3.44. The lowest BCUT2D eigenvalue weighted by atomic mass is 10.0. The molecule has 0 atom stereocenters. The van der Waals surface area contributed by atoms with Gasteiger partial charge in [0.25, 0.3) is 0 Å². The monoisotopic (exact) mass is 401 g/mol. The summed E-state index contributed by atoms with van der Waals surface area (Å²) in [6, 6.07) is 13.7. The normalized spacial score (nSPS) is 11.2. The van der Waals surface area contributed by atoms with E-state index in [2.05, 4.69) is 21.2 Å². The molecule has 3 heterocycles. The first-order chi connectivity index (χ1) is 14.7. The molecule has 0 spiro atoms. The molecule has 0 saturated carbocycles. The molecule has 0 aliphatic heterocycles. The first-order valence-corrected chi connectivity index (χ1v) is 9.34. The molecule has 0 radical (unpaired) electrons. The van der Waals surface area contributed by atoms with E-state index in [1.54, 1.807) is 33.7 Å². The van der Waals surface area contributed by atoms with Gasteiger partial charge < -0.3 is 18.6 Å². The van der Waals surface area contributed by atoms with Crippen LogP contribution in [0.5, 0.6) is 17.2 Å². The van der Waals surface area contributed by atoms with E-state index in [1.807, 2.05) is 36.4 Å². The first-order valence-electron chi connectivity index (χ1n) is 9.34. The number of nitrogens with one attached hydrogen (secondary N) is 1. The Hall–Kier alpha value is -4.00. The van der Waals surface area contributed by atoms with Crippen molar-refractivity contribution < 1.29 is 18.6 Å². The molecule has 0 amide bonds. The Morgan fingerprint density at radius 3 is 2.40 bits per heavy atom. The Morgan fingerprint density at radius 1 is 0.867 bits per heavy atom. The van der Waals surface area contributed by atoms with Crippen molar-refractivity contribution in [1.82, 2.24) is 15.2 Å². The molecule has 0 aliphatic carbocycles. The third kappa shape index (κ3) is 2.83. The summed E-state index contributed by atoms with van der Waals surface area (Å²) in [7, 11) is 4.75. The Morgan fingerprint density at radius 2 is 1.67 bits per heavy atom. The predicted octanol–water partition coefficient (Wildman–Crippen LogP) is 5.06. The van der Waals surface area contributed by atoms with Crippen LogP contribution in [0.25, 0.3) is 44.5 Å². The summed E-state index contributed by atoms with van der Waals surface area (Å²) < 4.78 is 22.6. The van der Waals surface area contributed by atoms with Crippen LogP contribution in [0, 0.1) is 0 Å². The second-order valence-corrected chi connectivity index (χ2v) is 6.77.